The Balaban J connectivity index is 2.13. The highest BCUT2D eigenvalue weighted by atomic mass is 16.5. The minimum absolute atomic E-state index is 0.0404. The summed E-state index contributed by atoms with van der Waals surface area (Å²) in [6, 6.07) is 4.89. The molecule has 1 aromatic rings. The van der Waals surface area contributed by atoms with E-state index in [2.05, 4.69) is 0 Å². The van der Waals surface area contributed by atoms with Crippen LogP contribution < -0.4 is 16.2 Å². The monoisotopic (exact) mass is 264 g/mol. The summed E-state index contributed by atoms with van der Waals surface area (Å²) in [5.41, 5.74) is 12.0. The Kier molecular flexibility index (Phi) is 4.27. The summed E-state index contributed by atoms with van der Waals surface area (Å²) < 4.78 is 11.3. The molecule has 2 rings (SSSR count). The van der Waals surface area contributed by atoms with Gasteiger partial charge in [0.2, 0.25) is 0 Å². The van der Waals surface area contributed by atoms with Crippen LogP contribution >= 0.6 is 0 Å². The topological polar surface area (TPSA) is 87.6 Å². The molecule has 2 unspecified atom stereocenters. The average Bonchev–Trinajstić information content (AvgIpc) is 2.38. The van der Waals surface area contributed by atoms with E-state index in [-0.39, 0.29) is 12.2 Å². The van der Waals surface area contributed by atoms with Gasteiger partial charge in [-0.25, -0.2) is 0 Å². The lowest BCUT2D eigenvalue weighted by atomic mass is 9.95. The first-order valence-electron chi connectivity index (χ1n) is 6.49. The first-order valence-corrected chi connectivity index (χ1v) is 6.49. The van der Waals surface area contributed by atoms with Gasteiger partial charge in [-0.2, -0.15) is 0 Å². The first kappa shape index (κ1) is 13.7. The van der Waals surface area contributed by atoms with Crippen molar-refractivity contribution in [2.24, 2.45) is 5.73 Å². The van der Waals surface area contributed by atoms with E-state index >= 15 is 0 Å². The minimum Gasteiger partial charge on any atom is -0.489 e. The van der Waals surface area contributed by atoms with Gasteiger partial charge in [0.15, 0.2) is 0 Å². The number of hydrogen-bond donors (Lipinski definition) is 2. The Morgan fingerprint density at radius 2 is 2.05 bits per heavy atom. The molecule has 0 bridgehead atoms. The molecule has 2 atom stereocenters. The van der Waals surface area contributed by atoms with Crippen LogP contribution in [0.2, 0.25) is 0 Å². The lowest BCUT2D eigenvalue weighted by Gasteiger charge is -2.29. The van der Waals surface area contributed by atoms with Gasteiger partial charge in [0, 0.05) is 25.3 Å². The number of carbonyl (C=O) groups excluding carboxylic acids is 1. The van der Waals surface area contributed by atoms with Gasteiger partial charge in [-0.15, -0.1) is 0 Å². The first-order chi connectivity index (χ1) is 9.10. The molecule has 1 saturated carbocycles. The maximum absolute atomic E-state index is 11.4. The molecule has 5 nitrogen and oxygen atoms in total. The normalized spacial score (nSPS) is 23.0. The summed E-state index contributed by atoms with van der Waals surface area (Å²) in [6.07, 6.45) is 4.14. The third-order valence-electron chi connectivity index (χ3n) is 3.48. The molecule has 19 heavy (non-hydrogen) atoms. The van der Waals surface area contributed by atoms with E-state index in [0.717, 1.165) is 25.7 Å². The zero-order chi connectivity index (χ0) is 13.8. The van der Waals surface area contributed by atoms with Gasteiger partial charge in [0.05, 0.1) is 11.7 Å². The number of nitrogens with two attached hydrogens (primary N) is 2. The molecule has 1 aliphatic carbocycles. The van der Waals surface area contributed by atoms with Crippen LogP contribution in [-0.2, 0) is 4.74 Å². The summed E-state index contributed by atoms with van der Waals surface area (Å²) in [6.45, 7) is 0. The molecule has 0 aliphatic heterocycles. The number of amides is 1. The molecule has 104 valence electrons. The van der Waals surface area contributed by atoms with Crippen LogP contribution in [0.3, 0.4) is 0 Å². The van der Waals surface area contributed by atoms with Gasteiger partial charge in [-0.05, 0) is 31.4 Å². The van der Waals surface area contributed by atoms with E-state index < -0.39 is 5.91 Å². The Hall–Kier alpha value is -1.75. The Morgan fingerprint density at radius 3 is 2.74 bits per heavy atom. The van der Waals surface area contributed by atoms with Crippen LogP contribution in [0.4, 0.5) is 5.69 Å². The average molecular weight is 264 g/mol. The van der Waals surface area contributed by atoms with Gasteiger partial charge in [-0.3, -0.25) is 4.79 Å². The fraction of sp³-hybridized carbons (Fsp3) is 0.500. The van der Waals surface area contributed by atoms with Crippen molar-refractivity contribution >= 4 is 11.6 Å². The summed E-state index contributed by atoms with van der Waals surface area (Å²) in [7, 11) is 1.71. The predicted octanol–water partition coefficient (Wildman–Crippen LogP) is 1.70. The lowest BCUT2D eigenvalue weighted by molar-refractivity contribution is 0.0207. The lowest BCUT2D eigenvalue weighted by Crippen LogP contribution is -2.30. The van der Waals surface area contributed by atoms with Gasteiger partial charge in [-0.1, -0.05) is 0 Å². The maximum Gasteiger partial charge on any atom is 0.252 e. The van der Waals surface area contributed by atoms with Crippen LogP contribution in [-0.4, -0.2) is 25.2 Å². The van der Waals surface area contributed by atoms with E-state index in [0.29, 0.717) is 17.0 Å². The van der Waals surface area contributed by atoms with E-state index in [1.54, 1.807) is 25.3 Å². The number of carbonyl (C=O) groups is 1. The Morgan fingerprint density at radius 1 is 1.32 bits per heavy atom. The maximum atomic E-state index is 11.4. The van der Waals surface area contributed by atoms with E-state index in [1.807, 2.05) is 0 Å². The van der Waals surface area contributed by atoms with Crippen molar-refractivity contribution in [3.63, 3.8) is 0 Å². The van der Waals surface area contributed by atoms with Crippen molar-refractivity contribution in [2.45, 2.75) is 37.9 Å². The van der Waals surface area contributed by atoms with Crippen molar-refractivity contribution in [3.05, 3.63) is 23.8 Å². The third-order valence-corrected chi connectivity index (χ3v) is 3.48. The highest BCUT2D eigenvalue weighted by Gasteiger charge is 2.24. The fourth-order valence-electron chi connectivity index (χ4n) is 2.44. The van der Waals surface area contributed by atoms with Gasteiger partial charge in [0.1, 0.15) is 11.9 Å². The molecule has 0 radical (unpaired) electrons. The van der Waals surface area contributed by atoms with E-state index in [4.69, 9.17) is 20.9 Å². The molecule has 0 spiro atoms. The molecule has 1 aliphatic rings. The van der Waals surface area contributed by atoms with Crippen molar-refractivity contribution in [2.75, 3.05) is 12.8 Å². The van der Waals surface area contributed by atoms with Gasteiger partial charge in [0.25, 0.3) is 5.91 Å². The number of hydrogen-bond acceptors (Lipinski definition) is 4. The molecular weight excluding hydrogens is 244 g/mol. The molecule has 0 aromatic heterocycles. The number of primary amides is 1. The Bertz CT molecular complexity index is 462. The fourth-order valence-corrected chi connectivity index (χ4v) is 2.44. The largest absolute Gasteiger partial charge is 0.489 e. The Labute approximate surface area is 112 Å². The SMILES string of the molecule is COC1CCCC(Oc2cc(N)ccc2C(N)=O)C1. The molecule has 4 N–H and O–H groups in total. The zero-order valence-corrected chi connectivity index (χ0v) is 11.1. The standard InChI is InChI=1S/C14H20N2O3/c1-18-10-3-2-4-11(8-10)19-13-7-9(15)5-6-12(13)14(16)17/h5-7,10-11H,2-4,8,15H2,1H3,(H2,16,17). The van der Waals surface area contributed by atoms with Crippen LogP contribution in [0.1, 0.15) is 36.0 Å². The number of ether oxygens (including phenoxy) is 2. The van der Waals surface area contributed by atoms with Gasteiger partial charge >= 0.3 is 0 Å². The molecule has 5 heteroatoms. The minimum atomic E-state index is -0.505. The van der Waals surface area contributed by atoms with E-state index in [9.17, 15) is 4.79 Å². The number of methoxy groups -OCH3 is 1. The number of benzene rings is 1. The molecule has 1 amide bonds. The number of anilines is 1. The second-order valence-electron chi connectivity index (χ2n) is 4.88. The van der Waals surface area contributed by atoms with Crippen LogP contribution in [0, 0.1) is 0 Å². The van der Waals surface area contributed by atoms with Crippen LogP contribution in [0.25, 0.3) is 0 Å². The summed E-state index contributed by atoms with van der Waals surface area (Å²) in [4.78, 5) is 11.4. The molecule has 1 fully saturated rings. The van der Waals surface area contributed by atoms with Crippen molar-refractivity contribution in [1.29, 1.82) is 0 Å². The second kappa shape index (κ2) is 5.93. The summed E-state index contributed by atoms with van der Waals surface area (Å²) >= 11 is 0. The second-order valence-corrected chi connectivity index (χ2v) is 4.88. The quantitative estimate of drug-likeness (QED) is 0.810. The highest BCUT2D eigenvalue weighted by Crippen LogP contribution is 2.28. The van der Waals surface area contributed by atoms with Crippen molar-refractivity contribution in [1.82, 2.24) is 0 Å². The highest BCUT2D eigenvalue weighted by molar-refractivity contribution is 5.96. The van der Waals surface area contributed by atoms with Crippen molar-refractivity contribution in [3.8, 4) is 5.75 Å². The smallest absolute Gasteiger partial charge is 0.252 e. The molecule has 1 aromatic carbocycles. The van der Waals surface area contributed by atoms with Gasteiger partial charge < -0.3 is 20.9 Å². The molecular formula is C14H20N2O3. The molecule has 0 saturated heterocycles. The third kappa shape index (κ3) is 3.38. The molecule has 0 heterocycles. The summed E-state index contributed by atoms with van der Waals surface area (Å²) in [5, 5.41) is 0. The van der Waals surface area contributed by atoms with Crippen molar-refractivity contribution < 1.29 is 14.3 Å². The van der Waals surface area contributed by atoms with E-state index in [1.165, 1.54) is 0 Å². The number of nitrogen functional groups attached to an aromatic ring is 1. The number of rotatable bonds is 4. The summed E-state index contributed by atoms with van der Waals surface area (Å²) in [5.74, 6) is -0.0386. The predicted molar refractivity (Wildman–Crippen MR) is 73.1 cm³/mol. The van der Waals surface area contributed by atoms with Crippen LogP contribution in [0.15, 0.2) is 18.2 Å². The zero-order valence-electron chi connectivity index (χ0n) is 11.1. The van der Waals surface area contributed by atoms with Crippen LogP contribution in [0.5, 0.6) is 5.75 Å².